The van der Waals surface area contributed by atoms with Crippen LogP contribution in [0.15, 0.2) is 0 Å². The first-order chi connectivity index (χ1) is 9.51. The van der Waals surface area contributed by atoms with E-state index in [1.165, 1.54) is 25.7 Å². The molecule has 3 nitrogen and oxygen atoms in total. The molecule has 20 heavy (non-hydrogen) atoms. The largest absolute Gasteiger partial charge is 0.389 e. The number of hydrogen-bond acceptors (Lipinski definition) is 3. The van der Waals surface area contributed by atoms with Crippen LogP contribution in [0.5, 0.6) is 0 Å². The molecule has 2 N–H and O–H groups in total. The van der Waals surface area contributed by atoms with Crippen molar-refractivity contribution in [3.8, 4) is 0 Å². The average molecular weight is 285 g/mol. The van der Waals surface area contributed by atoms with Gasteiger partial charge >= 0.3 is 0 Å². The van der Waals surface area contributed by atoms with E-state index in [0.717, 1.165) is 24.7 Å². The second-order valence-electron chi connectivity index (χ2n) is 6.93. The van der Waals surface area contributed by atoms with Crippen molar-refractivity contribution in [1.29, 1.82) is 0 Å². The summed E-state index contributed by atoms with van der Waals surface area (Å²) >= 11 is 0. The van der Waals surface area contributed by atoms with Gasteiger partial charge < -0.3 is 15.2 Å². The summed E-state index contributed by atoms with van der Waals surface area (Å²) in [5, 5.41) is 13.4. The number of ether oxygens (including phenoxy) is 1. The first kappa shape index (κ1) is 17.9. The maximum atomic E-state index is 9.98. The second-order valence-corrected chi connectivity index (χ2v) is 6.93. The highest BCUT2D eigenvalue weighted by Gasteiger charge is 2.19. The SMILES string of the molecule is CCC(C)CC(C)NCC(O)COC1CCC(C)CC1. The van der Waals surface area contributed by atoms with E-state index >= 15 is 0 Å². The summed E-state index contributed by atoms with van der Waals surface area (Å²) in [4.78, 5) is 0. The zero-order valence-electron chi connectivity index (χ0n) is 13.9. The summed E-state index contributed by atoms with van der Waals surface area (Å²) in [6.07, 6.45) is 7.24. The summed E-state index contributed by atoms with van der Waals surface area (Å²) in [6, 6.07) is 0.468. The standard InChI is InChI=1S/C17H35NO2/c1-5-13(2)10-15(4)18-11-16(19)12-20-17-8-6-14(3)7-9-17/h13-19H,5-12H2,1-4H3. The molecule has 3 atom stereocenters. The third-order valence-corrected chi connectivity index (χ3v) is 4.64. The van der Waals surface area contributed by atoms with Crippen molar-refractivity contribution in [2.24, 2.45) is 11.8 Å². The fourth-order valence-corrected chi connectivity index (χ4v) is 2.89. The lowest BCUT2D eigenvalue weighted by Gasteiger charge is -2.27. The first-order valence-corrected chi connectivity index (χ1v) is 8.54. The van der Waals surface area contributed by atoms with Crippen molar-refractivity contribution in [2.75, 3.05) is 13.2 Å². The lowest BCUT2D eigenvalue weighted by Crippen LogP contribution is -2.37. The molecular formula is C17H35NO2. The Morgan fingerprint density at radius 2 is 1.85 bits per heavy atom. The number of hydrogen-bond donors (Lipinski definition) is 2. The van der Waals surface area contributed by atoms with E-state index in [4.69, 9.17) is 4.74 Å². The zero-order chi connectivity index (χ0) is 15.0. The predicted molar refractivity (Wildman–Crippen MR) is 84.9 cm³/mol. The molecule has 120 valence electrons. The second kappa shape index (κ2) is 9.75. The molecule has 3 heteroatoms. The molecule has 0 bridgehead atoms. The van der Waals surface area contributed by atoms with Gasteiger partial charge in [-0.3, -0.25) is 0 Å². The summed E-state index contributed by atoms with van der Waals surface area (Å²) in [5.41, 5.74) is 0. The van der Waals surface area contributed by atoms with Crippen molar-refractivity contribution >= 4 is 0 Å². The van der Waals surface area contributed by atoms with Gasteiger partial charge in [0.05, 0.1) is 18.8 Å². The Hall–Kier alpha value is -0.120. The molecule has 0 spiro atoms. The molecule has 1 aliphatic carbocycles. The van der Waals surface area contributed by atoms with Crippen LogP contribution < -0.4 is 5.32 Å². The molecule has 0 saturated heterocycles. The van der Waals surface area contributed by atoms with Gasteiger partial charge in [0, 0.05) is 12.6 Å². The third kappa shape index (κ3) is 7.61. The Balaban J connectivity index is 2.06. The van der Waals surface area contributed by atoms with Gasteiger partial charge in [0.2, 0.25) is 0 Å². The number of nitrogens with one attached hydrogen (secondary N) is 1. The molecule has 0 aromatic rings. The molecule has 1 fully saturated rings. The minimum absolute atomic E-state index is 0.374. The highest BCUT2D eigenvalue weighted by atomic mass is 16.5. The van der Waals surface area contributed by atoms with Gasteiger partial charge in [-0.25, -0.2) is 0 Å². The van der Waals surface area contributed by atoms with E-state index in [9.17, 15) is 5.11 Å². The molecule has 3 unspecified atom stereocenters. The van der Waals surface area contributed by atoms with Crippen LogP contribution in [0, 0.1) is 11.8 Å². The molecule has 0 heterocycles. The maximum Gasteiger partial charge on any atom is 0.0897 e. The molecule has 1 aliphatic rings. The molecule has 0 aromatic heterocycles. The fraction of sp³-hybridized carbons (Fsp3) is 1.00. The Morgan fingerprint density at radius 1 is 1.20 bits per heavy atom. The highest BCUT2D eigenvalue weighted by Crippen LogP contribution is 2.25. The van der Waals surface area contributed by atoms with Crippen molar-refractivity contribution in [1.82, 2.24) is 5.32 Å². The fourth-order valence-electron chi connectivity index (χ4n) is 2.89. The van der Waals surface area contributed by atoms with E-state index in [1.807, 2.05) is 0 Å². The van der Waals surface area contributed by atoms with E-state index in [-0.39, 0.29) is 6.10 Å². The number of aliphatic hydroxyl groups excluding tert-OH is 1. The minimum atomic E-state index is -0.381. The summed E-state index contributed by atoms with van der Waals surface area (Å²) in [7, 11) is 0. The summed E-state index contributed by atoms with van der Waals surface area (Å²) < 4.78 is 5.84. The van der Waals surface area contributed by atoms with Crippen molar-refractivity contribution < 1.29 is 9.84 Å². The van der Waals surface area contributed by atoms with Crippen LogP contribution in [-0.4, -0.2) is 36.5 Å². The van der Waals surface area contributed by atoms with E-state index < -0.39 is 0 Å². The van der Waals surface area contributed by atoms with Crippen LogP contribution in [0.1, 0.15) is 66.2 Å². The molecular weight excluding hydrogens is 250 g/mol. The topological polar surface area (TPSA) is 41.5 Å². The molecule has 1 rings (SSSR count). The zero-order valence-corrected chi connectivity index (χ0v) is 13.9. The van der Waals surface area contributed by atoms with Crippen LogP contribution in [0.25, 0.3) is 0 Å². The van der Waals surface area contributed by atoms with Gasteiger partial charge in [-0.05, 0) is 50.9 Å². The lowest BCUT2D eigenvalue weighted by molar-refractivity contribution is -0.0284. The van der Waals surface area contributed by atoms with Crippen molar-refractivity contribution in [2.45, 2.75) is 84.5 Å². The van der Waals surface area contributed by atoms with E-state index in [0.29, 0.717) is 25.3 Å². The van der Waals surface area contributed by atoms with Crippen LogP contribution in [0.3, 0.4) is 0 Å². The normalized spacial score (nSPS) is 28.1. The van der Waals surface area contributed by atoms with E-state index in [1.54, 1.807) is 0 Å². The Kier molecular flexibility index (Phi) is 8.74. The van der Waals surface area contributed by atoms with Gasteiger partial charge in [0.25, 0.3) is 0 Å². The van der Waals surface area contributed by atoms with Gasteiger partial charge in [-0.2, -0.15) is 0 Å². The minimum Gasteiger partial charge on any atom is -0.389 e. The van der Waals surface area contributed by atoms with Crippen LogP contribution >= 0.6 is 0 Å². The van der Waals surface area contributed by atoms with Gasteiger partial charge in [-0.15, -0.1) is 0 Å². The molecule has 1 saturated carbocycles. The van der Waals surface area contributed by atoms with Crippen LogP contribution in [-0.2, 0) is 4.74 Å². The Morgan fingerprint density at radius 3 is 2.45 bits per heavy atom. The first-order valence-electron chi connectivity index (χ1n) is 8.54. The smallest absolute Gasteiger partial charge is 0.0897 e. The lowest BCUT2D eigenvalue weighted by atomic mass is 9.89. The molecule has 0 amide bonds. The third-order valence-electron chi connectivity index (χ3n) is 4.64. The highest BCUT2D eigenvalue weighted by molar-refractivity contribution is 4.72. The van der Waals surface area contributed by atoms with Gasteiger partial charge in [0.1, 0.15) is 0 Å². The molecule has 0 radical (unpaired) electrons. The number of aliphatic hydroxyl groups is 1. The van der Waals surface area contributed by atoms with Gasteiger partial charge in [0.15, 0.2) is 0 Å². The molecule has 0 aliphatic heterocycles. The summed E-state index contributed by atoms with van der Waals surface area (Å²) in [5.74, 6) is 1.60. The quantitative estimate of drug-likeness (QED) is 0.682. The average Bonchev–Trinajstić information content (AvgIpc) is 2.44. The van der Waals surface area contributed by atoms with Crippen molar-refractivity contribution in [3.05, 3.63) is 0 Å². The van der Waals surface area contributed by atoms with Crippen molar-refractivity contribution in [3.63, 3.8) is 0 Å². The predicted octanol–water partition coefficient (Wildman–Crippen LogP) is 3.36. The van der Waals surface area contributed by atoms with Crippen LogP contribution in [0.2, 0.25) is 0 Å². The van der Waals surface area contributed by atoms with Gasteiger partial charge in [-0.1, -0.05) is 27.2 Å². The monoisotopic (exact) mass is 285 g/mol. The van der Waals surface area contributed by atoms with Crippen LogP contribution in [0.4, 0.5) is 0 Å². The Labute approximate surface area is 125 Å². The number of rotatable bonds is 9. The summed E-state index contributed by atoms with van der Waals surface area (Å²) in [6.45, 7) is 10.1. The Bertz CT molecular complexity index is 239. The van der Waals surface area contributed by atoms with E-state index in [2.05, 4.69) is 33.0 Å². The molecule has 0 aromatic carbocycles. The maximum absolute atomic E-state index is 9.98.